The van der Waals surface area contributed by atoms with Gasteiger partial charge in [-0.05, 0) is 44.6 Å². The van der Waals surface area contributed by atoms with Gasteiger partial charge in [0.2, 0.25) is 0 Å². The zero-order chi connectivity index (χ0) is 29.1. The third-order valence-electron chi connectivity index (χ3n) is 7.44. The molecule has 2 fully saturated rings. The molecule has 0 saturated carbocycles. The van der Waals surface area contributed by atoms with E-state index in [0.29, 0.717) is 13.1 Å². The number of aromatic nitrogens is 3. The van der Waals surface area contributed by atoms with Crippen molar-refractivity contribution in [3.63, 3.8) is 0 Å². The molecule has 0 aliphatic carbocycles. The van der Waals surface area contributed by atoms with Crippen LogP contribution in [0.5, 0.6) is 6.01 Å². The zero-order valence-electron chi connectivity index (χ0n) is 21.6. The van der Waals surface area contributed by atoms with Crippen LogP contribution in [0.2, 0.25) is 0 Å². The van der Waals surface area contributed by atoms with Crippen LogP contribution in [0, 0.1) is 23.1 Å². The maximum atomic E-state index is 16.4. The molecule has 2 aromatic heterocycles. The Bertz CT molecular complexity index is 1700. The van der Waals surface area contributed by atoms with Crippen LogP contribution in [0.1, 0.15) is 18.4 Å². The van der Waals surface area contributed by atoms with Crippen LogP contribution in [0.3, 0.4) is 0 Å². The van der Waals surface area contributed by atoms with E-state index >= 15 is 4.39 Å². The van der Waals surface area contributed by atoms with Crippen molar-refractivity contribution in [3.05, 3.63) is 35.4 Å². The maximum Gasteiger partial charge on any atom is 0.417 e. The second-order valence-corrected chi connectivity index (χ2v) is 11.2. The highest BCUT2D eigenvalue weighted by molar-refractivity contribution is 7.22. The minimum absolute atomic E-state index is 0.0505. The Morgan fingerprint density at radius 1 is 1.20 bits per heavy atom. The first-order valence-electron chi connectivity index (χ1n) is 12.7. The molecule has 2 aliphatic heterocycles. The van der Waals surface area contributed by atoms with Crippen molar-refractivity contribution in [2.24, 2.45) is 0 Å². The number of nitrogen functional groups attached to an aromatic ring is 1. The number of fused-ring (bicyclic) bond motifs is 2. The van der Waals surface area contributed by atoms with Gasteiger partial charge in [-0.25, -0.2) is 13.8 Å². The minimum atomic E-state index is -5.00. The summed E-state index contributed by atoms with van der Waals surface area (Å²) in [6.45, 7) is 1.70. The van der Waals surface area contributed by atoms with E-state index in [1.54, 1.807) is 0 Å². The molecule has 0 bridgehead atoms. The lowest BCUT2D eigenvalue weighted by atomic mass is 9.95. The number of likely N-dealkylation sites (tertiary alicyclic amines) is 2. The molecule has 6 rings (SSSR count). The van der Waals surface area contributed by atoms with Crippen LogP contribution >= 0.6 is 11.3 Å². The maximum absolute atomic E-state index is 16.4. The second-order valence-electron chi connectivity index (χ2n) is 10.1. The van der Waals surface area contributed by atoms with Crippen LogP contribution < -0.4 is 15.8 Å². The molecule has 2 aliphatic rings. The normalized spacial score (nSPS) is 18.2. The topological polar surface area (TPSA) is 116 Å². The number of hydrogen-bond donors (Lipinski definition) is 2. The highest BCUT2D eigenvalue weighted by Gasteiger charge is 2.38. The highest BCUT2D eigenvalue weighted by Crippen LogP contribution is 2.45. The summed E-state index contributed by atoms with van der Waals surface area (Å²) in [5.41, 5.74) is 2.74. The molecule has 1 unspecified atom stereocenters. The number of nitrogens with one attached hydrogen (secondary N) is 1. The summed E-state index contributed by atoms with van der Waals surface area (Å²) in [5.74, 6) is -2.07. The van der Waals surface area contributed by atoms with E-state index in [2.05, 4.69) is 25.2 Å². The van der Waals surface area contributed by atoms with Gasteiger partial charge < -0.3 is 25.6 Å². The Morgan fingerprint density at radius 2 is 1.98 bits per heavy atom. The SMILES string of the molecule is CN1CCCC1COc1nc(NC2CN(C#N)C2)c2cc(C(F)(F)F)c(-c3ccc(F)c4sc(N)nc34)c(F)c2n1. The first-order valence-corrected chi connectivity index (χ1v) is 13.6. The van der Waals surface area contributed by atoms with Gasteiger partial charge in [0.15, 0.2) is 17.1 Å². The molecule has 214 valence electrons. The molecule has 41 heavy (non-hydrogen) atoms. The Balaban J connectivity index is 1.54. The monoisotopic (exact) mass is 590 g/mol. The second kappa shape index (κ2) is 10.1. The molecular formula is C26H23F5N8OS. The predicted octanol–water partition coefficient (Wildman–Crippen LogP) is 4.84. The van der Waals surface area contributed by atoms with Crippen LogP contribution in [0.4, 0.5) is 32.9 Å². The van der Waals surface area contributed by atoms with Crippen molar-refractivity contribution in [3.8, 4) is 23.3 Å². The average molecular weight is 591 g/mol. The third kappa shape index (κ3) is 4.91. The van der Waals surface area contributed by atoms with E-state index in [1.165, 1.54) is 4.90 Å². The molecule has 0 radical (unpaired) electrons. The Hall–Kier alpha value is -4.03. The van der Waals surface area contributed by atoms with Crippen LogP contribution in [0.15, 0.2) is 18.2 Å². The van der Waals surface area contributed by atoms with E-state index in [9.17, 15) is 17.6 Å². The first kappa shape index (κ1) is 27.2. The largest absolute Gasteiger partial charge is 0.462 e. The highest BCUT2D eigenvalue weighted by atomic mass is 32.1. The number of nitrogens with zero attached hydrogens (tertiary/aromatic N) is 6. The number of rotatable bonds is 6. The van der Waals surface area contributed by atoms with Crippen molar-refractivity contribution >= 4 is 43.4 Å². The van der Waals surface area contributed by atoms with Gasteiger partial charge in [-0.2, -0.15) is 28.4 Å². The van der Waals surface area contributed by atoms with Gasteiger partial charge in [-0.1, -0.05) is 11.3 Å². The zero-order valence-corrected chi connectivity index (χ0v) is 22.4. The molecule has 4 aromatic rings. The summed E-state index contributed by atoms with van der Waals surface area (Å²) in [6, 6.07) is 2.34. The van der Waals surface area contributed by atoms with Crippen molar-refractivity contribution in [1.82, 2.24) is 24.8 Å². The van der Waals surface area contributed by atoms with Crippen molar-refractivity contribution in [2.45, 2.75) is 31.1 Å². The third-order valence-corrected chi connectivity index (χ3v) is 8.33. The molecule has 1 atom stereocenters. The van der Waals surface area contributed by atoms with Crippen molar-refractivity contribution < 1.29 is 26.7 Å². The molecular weight excluding hydrogens is 567 g/mol. The van der Waals surface area contributed by atoms with Crippen LogP contribution in [0.25, 0.3) is 32.2 Å². The molecule has 3 N–H and O–H groups in total. The number of hydrogen-bond acceptors (Lipinski definition) is 10. The lowest BCUT2D eigenvalue weighted by Gasteiger charge is -2.35. The van der Waals surface area contributed by atoms with Gasteiger partial charge in [0.25, 0.3) is 0 Å². The summed E-state index contributed by atoms with van der Waals surface area (Å²) in [4.78, 5) is 16.1. The molecule has 15 heteroatoms. The molecule has 0 amide bonds. The number of nitrogens with two attached hydrogens (primary N) is 1. The van der Waals surface area contributed by atoms with Gasteiger partial charge >= 0.3 is 12.2 Å². The summed E-state index contributed by atoms with van der Waals surface area (Å²) in [5, 5.41) is 11.8. The lowest BCUT2D eigenvalue weighted by molar-refractivity contribution is -0.137. The fraction of sp³-hybridized carbons (Fsp3) is 0.385. The van der Waals surface area contributed by atoms with Gasteiger partial charge in [-0.15, -0.1) is 0 Å². The number of ether oxygens (including phenoxy) is 1. The number of nitriles is 1. The Morgan fingerprint density at radius 3 is 2.66 bits per heavy atom. The summed E-state index contributed by atoms with van der Waals surface area (Å²) in [6.07, 6.45) is -1.15. The molecule has 2 aromatic carbocycles. The molecule has 4 heterocycles. The van der Waals surface area contributed by atoms with E-state index in [-0.39, 0.29) is 56.8 Å². The van der Waals surface area contributed by atoms with E-state index in [1.807, 2.05) is 13.2 Å². The predicted molar refractivity (Wildman–Crippen MR) is 143 cm³/mol. The number of alkyl halides is 3. The number of likely N-dealkylation sites (N-methyl/N-ethyl adjacent to an activating group) is 1. The summed E-state index contributed by atoms with van der Waals surface area (Å²) < 4.78 is 80.1. The standard InChI is InChI=1S/C26H23F5N8OS/c1-38-6-2-3-13(38)10-40-25-36-20-15(23(37-25)34-12-8-39(9-12)11-32)7-16(26(29,30)31)18(19(20)28)14-4-5-17(27)22-21(14)35-24(33)41-22/h4-5,7,12-13H,2-3,6,8-10H2,1H3,(H2,33,35)(H,34,36,37). The number of benzene rings is 2. The van der Waals surface area contributed by atoms with E-state index in [4.69, 9.17) is 15.7 Å². The van der Waals surface area contributed by atoms with Crippen molar-refractivity contribution in [2.75, 3.05) is 44.3 Å². The molecule has 2 saturated heterocycles. The van der Waals surface area contributed by atoms with E-state index < -0.39 is 34.5 Å². The molecule has 9 nitrogen and oxygen atoms in total. The lowest BCUT2D eigenvalue weighted by Crippen LogP contribution is -2.52. The van der Waals surface area contributed by atoms with E-state index in [0.717, 1.165) is 48.9 Å². The smallest absolute Gasteiger partial charge is 0.417 e. The van der Waals surface area contributed by atoms with Gasteiger partial charge in [0.1, 0.15) is 23.8 Å². The fourth-order valence-corrected chi connectivity index (χ4v) is 6.03. The Kier molecular flexibility index (Phi) is 6.69. The van der Waals surface area contributed by atoms with Gasteiger partial charge in [0, 0.05) is 22.6 Å². The molecule has 0 spiro atoms. The van der Waals surface area contributed by atoms with Crippen LogP contribution in [-0.4, -0.2) is 70.1 Å². The number of thiazole rings is 1. The summed E-state index contributed by atoms with van der Waals surface area (Å²) in [7, 11) is 1.95. The summed E-state index contributed by atoms with van der Waals surface area (Å²) >= 11 is 0.753. The van der Waals surface area contributed by atoms with Crippen molar-refractivity contribution in [1.29, 1.82) is 5.26 Å². The average Bonchev–Trinajstić information content (AvgIpc) is 3.50. The van der Waals surface area contributed by atoms with Gasteiger partial charge in [0.05, 0.1) is 34.9 Å². The first-order chi connectivity index (χ1) is 19.5. The Labute approximate surface area is 234 Å². The number of halogens is 5. The fourth-order valence-electron chi connectivity index (χ4n) is 5.27. The van der Waals surface area contributed by atoms with Crippen LogP contribution in [-0.2, 0) is 6.18 Å². The number of anilines is 2. The minimum Gasteiger partial charge on any atom is -0.462 e. The van der Waals surface area contributed by atoms with Gasteiger partial charge in [-0.3, -0.25) is 0 Å². The quantitative estimate of drug-likeness (QED) is 0.241.